The molecule has 2 aliphatic heterocycles. The molecule has 1 saturated carbocycles. The van der Waals surface area contributed by atoms with Crippen molar-refractivity contribution in [3.05, 3.63) is 24.0 Å². The number of aryl methyl sites for hydroxylation is 1. The highest BCUT2D eigenvalue weighted by atomic mass is 16.4. The number of carboxylic acid groups (broad SMARTS) is 2. The lowest BCUT2D eigenvalue weighted by Crippen LogP contribution is -2.52. The Morgan fingerprint density at radius 1 is 0.950 bits per heavy atom. The third-order valence-corrected chi connectivity index (χ3v) is 7.92. The van der Waals surface area contributed by atoms with E-state index < -0.39 is 53.3 Å². The van der Waals surface area contributed by atoms with Crippen LogP contribution in [-0.4, -0.2) is 97.4 Å². The van der Waals surface area contributed by atoms with Gasteiger partial charge >= 0.3 is 11.9 Å². The summed E-state index contributed by atoms with van der Waals surface area (Å²) in [4.78, 5) is 77.8. The van der Waals surface area contributed by atoms with Crippen molar-refractivity contribution >= 4 is 35.6 Å². The van der Waals surface area contributed by atoms with E-state index in [1.54, 1.807) is 43.8 Å². The Morgan fingerprint density at radius 2 is 1.60 bits per heavy atom. The van der Waals surface area contributed by atoms with E-state index in [0.717, 1.165) is 12.8 Å². The monoisotopic (exact) mass is 559 g/mol. The molecule has 1 aromatic heterocycles. The Labute approximate surface area is 231 Å². The highest BCUT2D eigenvalue weighted by Gasteiger charge is 2.46. The van der Waals surface area contributed by atoms with E-state index in [4.69, 9.17) is 0 Å². The second-order valence-corrected chi connectivity index (χ2v) is 11.9. The van der Waals surface area contributed by atoms with E-state index >= 15 is 0 Å². The maximum atomic E-state index is 13.3. The van der Waals surface area contributed by atoms with Gasteiger partial charge in [-0.15, -0.1) is 0 Å². The van der Waals surface area contributed by atoms with Gasteiger partial charge in [-0.05, 0) is 36.8 Å². The summed E-state index contributed by atoms with van der Waals surface area (Å²) in [5.74, 6) is -3.94. The zero-order valence-electron chi connectivity index (χ0n) is 23.0. The largest absolute Gasteiger partial charge is 0.480 e. The van der Waals surface area contributed by atoms with Crippen LogP contribution in [-0.2, 0) is 31.0 Å². The van der Waals surface area contributed by atoms with Crippen LogP contribution < -0.4 is 10.6 Å². The zero-order chi connectivity index (χ0) is 29.4. The Balaban J connectivity index is 1.36. The normalized spacial score (nSPS) is 24.6. The second kappa shape index (κ2) is 11.3. The number of aromatic nitrogens is 1. The van der Waals surface area contributed by atoms with Gasteiger partial charge in [-0.3, -0.25) is 19.2 Å². The van der Waals surface area contributed by atoms with Crippen molar-refractivity contribution in [2.24, 2.45) is 18.4 Å². The molecule has 1 aliphatic carbocycles. The van der Waals surface area contributed by atoms with Crippen LogP contribution in [0.25, 0.3) is 0 Å². The number of carbonyl (C=O) groups excluding carboxylic acids is 4. The molecule has 0 aromatic carbocycles. The van der Waals surface area contributed by atoms with Crippen molar-refractivity contribution in [1.82, 2.24) is 25.0 Å². The number of hydrogen-bond acceptors (Lipinski definition) is 6. The topological polar surface area (TPSA) is 178 Å². The number of nitrogens with zero attached hydrogens (tertiary/aromatic N) is 3. The molecule has 2 saturated heterocycles. The molecule has 4 unspecified atom stereocenters. The number of rotatable bonds is 10. The molecule has 3 aliphatic rings. The Kier molecular flexibility index (Phi) is 8.22. The minimum absolute atomic E-state index is 0.0194. The fourth-order valence-corrected chi connectivity index (χ4v) is 5.67. The summed E-state index contributed by atoms with van der Waals surface area (Å²) in [6.45, 7) is 3.58. The maximum absolute atomic E-state index is 13.3. The summed E-state index contributed by atoms with van der Waals surface area (Å²) in [5, 5.41) is 25.1. The Bertz CT molecular complexity index is 1210. The standard InChI is InChI=1S/C27H37N5O8/c1-27(2,12-20(33)31-10-8-17(22(31)26(39)40)29-23(35)15-6-7-15)13-21(34)32-14-16(11-19(32)25(37)38)28-24(36)18-5-4-9-30(18)3/h4-5,9,15-17,19,22H,6-8,10-14H2,1-3H3,(H,28,36)(H,29,35)(H,37,38)(H,39,40). The fourth-order valence-electron chi connectivity index (χ4n) is 5.67. The first kappa shape index (κ1) is 29.1. The molecule has 0 spiro atoms. The Morgan fingerprint density at radius 3 is 2.15 bits per heavy atom. The molecular weight excluding hydrogens is 522 g/mol. The minimum Gasteiger partial charge on any atom is -0.480 e. The number of likely N-dealkylation sites (tertiary alicyclic amines) is 2. The van der Waals surface area contributed by atoms with E-state index in [-0.39, 0.29) is 50.1 Å². The predicted octanol–water partition coefficient (Wildman–Crippen LogP) is 0.196. The van der Waals surface area contributed by atoms with Crippen molar-refractivity contribution in [3.63, 3.8) is 0 Å². The SMILES string of the molecule is Cn1cccc1C(=O)NC1CC(C(=O)O)N(C(=O)CC(C)(C)CC(=O)N2CCC(NC(=O)C3CC3)C2C(=O)O)C1. The van der Waals surface area contributed by atoms with E-state index in [1.165, 1.54) is 9.80 Å². The van der Waals surface area contributed by atoms with Gasteiger partial charge in [-0.25, -0.2) is 9.59 Å². The van der Waals surface area contributed by atoms with Crippen molar-refractivity contribution < 1.29 is 39.0 Å². The first-order valence-electron chi connectivity index (χ1n) is 13.5. The van der Waals surface area contributed by atoms with Gasteiger partial charge in [0, 0.05) is 57.6 Å². The summed E-state index contributed by atoms with van der Waals surface area (Å²) in [6.07, 6.45) is 3.37. The van der Waals surface area contributed by atoms with Gasteiger partial charge in [0.15, 0.2) is 0 Å². The van der Waals surface area contributed by atoms with Gasteiger partial charge in [0.25, 0.3) is 5.91 Å². The highest BCUT2D eigenvalue weighted by Crippen LogP contribution is 2.33. The first-order valence-corrected chi connectivity index (χ1v) is 13.5. The van der Waals surface area contributed by atoms with Crippen molar-refractivity contribution in [2.75, 3.05) is 13.1 Å². The predicted molar refractivity (Wildman–Crippen MR) is 140 cm³/mol. The highest BCUT2D eigenvalue weighted by molar-refractivity contribution is 5.93. The summed E-state index contributed by atoms with van der Waals surface area (Å²) < 4.78 is 1.64. The number of nitrogens with one attached hydrogen (secondary N) is 2. The van der Waals surface area contributed by atoms with E-state index in [1.807, 2.05) is 0 Å². The molecule has 4 atom stereocenters. The van der Waals surface area contributed by atoms with E-state index in [2.05, 4.69) is 10.6 Å². The minimum atomic E-state index is -1.20. The van der Waals surface area contributed by atoms with Crippen LogP contribution in [0.15, 0.2) is 18.3 Å². The van der Waals surface area contributed by atoms with Gasteiger partial charge in [-0.1, -0.05) is 13.8 Å². The molecule has 40 heavy (non-hydrogen) atoms. The fraction of sp³-hybridized carbons (Fsp3) is 0.630. The van der Waals surface area contributed by atoms with Crippen molar-refractivity contribution in [2.45, 2.75) is 76.5 Å². The lowest BCUT2D eigenvalue weighted by Gasteiger charge is -2.31. The van der Waals surface area contributed by atoms with Crippen LogP contribution in [0.1, 0.15) is 62.9 Å². The molecule has 3 heterocycles. The molecular formula is C27H37N5O8. The van der Waals surface area contributed by atoms with Gasteiger partial charge in [-0.2, -0.15) is 0 Å². The van der Waals surface area contributed by atoms with Crippen LogP contribution in [0.5, 0.6) is 0 Å². The average molecular weight is 560 g/mol. The molecule has 13 nitrogen and oxygen atoms in total. The van der Waals surface area contributed by atoms with Crippen LogP contribution >= 0.6 is 0 Å². The average Bonchev–Trinajstić information content (AvgIpc) is 3.26. The molecule has 218 valence electrons. The molecule has 4 rings (SSSR count). The quantitative estimate of drug-likeness (QED) is 0.314. The number of hydrogen-bond donors (Lipinski definition) is 4. The van der Waals surface area contributed by atoms with Crippen LogP contribution in [0, 0.1) is 11.3 Å². The van der Waals surface area contributed by atoms with Crippen molar-refractivity contribution in [3.8, 4) is 0 Å². The van der Waals surface area contributed by atoms with E-state index in [9.17, 15) is 39.0 Å². The van der Waals surface area contributed by atoms with Gasteiger partial charge in [0.1, 0.15) is 17.8 Å². The van der Waals surface area contributed by atoms with Gasteiger partial charge in [0.05, 0.1) is 6.04 Å². The zero-order valence-corrected chi connectivity index (χ0v) is 23.0. The smallest absolute Gasteiger partial charge is 0.328 e. The van der Waals surface area contributed by atoms with Gasteiger partial charge in [0.2, 0.25) is 17.7 Å². The third-order valence-electron chi connectivity index (χ3n) is 7.92. The van der Waals surface area contributed by atoms with Crippen LogP contribution in [0.2, 0.25) is 0 Å². The Hall–Kier alpha value is -3.90. The number of amides is 4. The second-order valence-electron chi connectivity index (χ2n) is 11.9. The first-order chi connectivity index (χ1) is 18.8. The van der Waals surface area contributed by atoms with Crippen LogP contribution in [0.3, 0.4) is 0 Å². The number of carbonyl (C=O) groups is 6. The molecule has 1 aromatic rings. The molecule has 13 heteroatoms. The molecule has 0 bridgehead atoms. The van der Waals surface area contributed by atoms with E-state index in [0.29, 0.717) is 12.1 Å². The summed E-state index contributed by atoms with van der Waals surface area (Å²) in [5.41, 5.74) is -0.493. The molecule has 4 N–H and O–H groups in total. The van der Waals surface area contributed by atoms with Crippen molar-refractivity contribution in [1.29, 1.82) is 0 Å². The maximum Gasteiger partial charge on any atom is 0.328 e. The third kappa shape index (κ3) is 6.45. The van der Waals surface area contributed by atoms with Gasteiger partial charge < -0.3 is 35.2 Å². The lowest BCUT2D eigenvalue weighted by atomic mass is 9.84. The number of carboxylic acids is 2. The summed E-state index contributed by atoms with van der Waals surface area (Å²) in [7, 11) is 1.72. The van der Waals surface area contributed by atoms with Crippen LogP contribution in [0.4, 0.5) is 0 Å². The molecule has 0 radical (unpaired) electrons. The molecule has 3 fully saturated rings. The lowest BCUT2D eigenvalue weighted by molar-refractivity contribution is -0.151. The number of aliphatic carboxylic acids is 2. The summed E-state index contributed by atoms with van der Waals surface area (Å²) in [6, 6.07) is -0.189. The summed E-state index contributed by atoms with van der Waals surface area (Å²) >= 11 is 0. The molecule has 4 amide bonds.